The Bertz CT molecular complexity index is 603. The van der Waals surface area contributed by atoms with Gasteiger partial charge in [0.25, 0.3) is 5.69 Å². The molecule has 0 aliphatic rings. The van der Waals surface area contributed by atoms with Gasteiger partial charge in [0, 0.05) is 24.5 Å². The van der Waals surface area contributed by atoms with Crippen molar-refractivity contribution in [1.82, 2.24) is 9.97 Å². The highest BCUT2D eigenvalue weighted by Crippen LogP contribution is 2.32. The Balaban J connectivity index is 2.33. The number of hydrogen-bond acceptors (Lipinski definition) is 4. The van der Waals surface area contributed by atoms with E-state index in [4.69, 9.17) is 0 Å². The van der Waals surface area contributed by atoms with Crippen molar-refractivity contribution in [1.29, 1.82) is 0 Å². The highest BCUT2D eigenvalue weighted by atomic mass is 79.9. The zero-order valence-corrected chi connectivity index (χ0v) is 11.4. The summed E-state index contributed by atoms with van der Waals surface area (Å²) < 4.78 is 13.5. The molecule has 0 saturated carbocycles. The van der Waals surface area contributed by atoms with Crippen molar-refractivity contribution >= 4 is 27.3 Å². The fourth-order valence-corrected chi connectivity index (χ4v) is 1.95. The normalized spacial score (nSPS) is 12.2. The molecule has 1 heterocycles. The summed E-state index contributed by atoms with van der Waals surface area (Å²) in [6.45, 7) is 1.77. The van der Waals surface area contributed by atoms with Crippen molar-refractivity contribution in [2.24, 2.45) is 0 Å². The minimum Gasteiger partial charge on any atom is -0.370 e. The molecule has 0 radical (unpaired) electrons. The molecule has 1 unspecified atom stereocenters. The van der Waals surface area contributed by atoms with Gasteiger partial charge in [0.15, 0.2) is 0 Å². The Kier molecular flexibility index (Phi) is 3.79. The minimum atomic E-state index is -0.570. The fourth-order valence-electron chi connectivity index (χ4n) is 1.62. The molecule has 0 amide bonds. The lowest BCUT2D eigenvalue weighted by Crippen LogP contribution is -2.10. The number of nitrogens with one attached hydrogen (secondary N) is 2. The second kappa shape index (κ2) is 5.35. The lowest BCUT2D eigenvalue weighted by atomic mass is 10.2. The Labute approximate surface area is 116 Å². The number of aromatic nitrogens is 2. The molecule has 0 fully saturated rings. The van der Waals surface area contributed by atoms with Gasteiger partial charge in [0.2, 0.25) is 0 Å². The molecule has 2 aromatic rings. The van der Waals surface area contributed by atoms with E-state index >= 15 is 0 Å². The number of imidazole rings is 1. The summed E-state index contributed by atoms with van der Waals surface area (Å²) in [5.41, 5.74) is -0.0960. The fraction of sp³-hybridized carbons (Fsp3) is 0.182. The summed E-state index contributed by atoms with van der Waals surface area (Å²) in [6.07, 6.45) is 3.22. The predicted molar refractivity (Wildman–Crippen MR) is 71.4 cm³/mol. The van der Waals surface area contributed by atoms with Gasteiger partial charge in [-0.2, -0.15) is 0 Å². The van der Waals surface area contributed by atoms with E-state index in [2.05, 4.69) is 31.2 Å². The van der Waals surface area contributed by atoms with Gasteiger partial charge >= 0.3 is 0 Å². The number of rotatable bonds is 4. The standard InChI is InChI=1S/C11H10BrFN4O2/c1-6(11-14-2-3-15-11)16-9-5-8(13)7(12)4-10(9)17(18)19/h2-6,16H,1H3,(H,14,15). The van der Waals surface area contributed by atoms with Gasteiger partial charge in [-0.25, -0.2) is 9.37 Å². The molecular formula is C11H10BrFN4O2. The van der Waals surface area contributed by atoms with E-state index < -0.39 is 10.7 Å². The molecule has 19 heavy (non-hydrogen) atoms. The van der Waals surface area contributed by atoms with E-state index in [1.54, 1.807) is 19.3 Å². The number of nitrogens with zero attached hydrogens (tertiary/aromatic N) is 2. The molecule has 2 N–H and O–H groups in total. The number of aromatic amines is 1. The summed E-state index contributed by atoms with van der Waals surface area (Å²) in [5.74, 6) is 0.0392. The van der Waals surface area contributed by atoms with Crippen LogP contribution in [0.4, 0.5) is 15.8 Å². The molecule has 100 valence electrons. The number of nitro groups is 1. The summed E-state index contributed by atoms with van der Waals surface area (Å²) in [6, 6.07) is 1.91. The van der Waals surface area contributed by atoms with Crippen LogP contribution in [-0.4, -0.2) is 14.9 Å². The van der Waals surface area contributed by atoms with Crippen molar-refractivity contribution in [3.63, 3.8) is 0 Å². The first-order chi connectivity index (χ1) is 8.99. The van der Waals surface area contributed by atoms with E-state index in [1.165, 1.54) is 0 Å². The van der Waals surface area contributed by atoms with Crippen LogP contribution in [0.1, 0.15) is 18.8 Å². The Morgan fingerprint density at radius 3 is 2.89 bits per heavy atom. The summed E-state index contributed by atoms with van der Waals surface area (Å²) in [7, 11) is 0. The summed E-state index contributed by atoms with van der Waals surface area (Å²) in [5, 5.41) is 13.8. The Hall–Kier alpha value is -1.96. The van der Waals surface area contributed by atoms with Crippen LogP contribution in [0.2, 0.25) is 0 Å². The van der Waals surface area contributed by atoms with Crippen LogP contribution in [0.5, 0.6) is 0 Å². The van der Waals surface area contributed by atoms with Gasteiger partial charge in [0.1, 0.15) is 17.3 Å². The maximum Gasteiger partial charge on any atom is 0.293 e. The largest absolute Gasteiger partial charge is 0.370 e. The number of anilines is 1. The monoisotopic (exact) mass is 328 g/mol. The SMILES string of the molecule is CC(Nc1cc(F)c(Br)cc1[N+](=O)[O-])c1ncc[nH]1. The Morgan fingerprint density at radius 2 is 2.32 bits per heavy atom. The van der Waals surface area contributed by atoms with E-state index in [0.717, 1.165) is 12.1 Å². The van der Waals surface area contributed by atoms with Crippen molar-refractivity contribution in [3.05, 3.63) is 50.8 Å². The second-order valence-corrected chi connectivity index (χ2v) is 4.74. The molecule has 1 aromatic heterocycles. The van der Waals surface area contributed by atoms with E-state index in [1.807, 2.05) is 0 Å². The molecule has 8 heteroatoms. The van der Waals surface area contributed by atoms with Gasteiger partial charge in [-0.15, -0.1) is 0 Å². The third-order valence-corrected chi connectivity index (χ3v) is 3.14. The summed E-state index contributed by atoms with van der Waals surface area (Å²) >= 11 is 2.93. The number of hydrogen-bond donors (Lipinski definition) is 2. The topological polar surface area (TPSA) is 83.8 Å². The van der Waals surface area contributed by atoms with Crippen LogP contribution >= 0.6 is 15.9 Å². The smallest absolute Gasteiger partial charge is 0.293 e. The van der Waals surface area contributed by atoms with Gasteiger partial charge in [-0.1, -0.05) is 0 Å². The molecule has 0 aliphatic heterocycles. The van der Waals surface area contributed by atoms with E-state index in [9.17, 15) is 14.5 Å². The first-order valence-corrected chi connectivity index (χ1v) is 6.17. The third kappa shape index (κ3) is 2.90. The molecule has 6 nitrogen and oxygen atoms in total. The number of benzene rings is 1. The molecule has 1 aromatic carbocycles. The number of H-pyrrole nitrogens is 1. The first kappa shape index (κ1) is 13.5. The highest BCUT2D eigenvalue weighted by molar-refractivity contribution is 9.10. The van der Waals surface area contributed by atoms with Crippen molar-refractivity contribution < 1.29 is 9.31 Å². The van der Waals surface area contributed by atoms with Crippen molar-refractivity contribution in [2.75, 3.05) is 5.32 Å². The van der Waals surface area contributed by atoms with Crippen LogP contribution < -0.4 is 5.32 Å². The second-order valence-electron chi connectivity index (χ2n) is 3.88. The van der Waals surface area contributed by atoms with Crippen molar-refractivity contribution in [2.45, 2.75) is 13.0 Å². The minimum absolute atomic E-state index is 0.0513. The zero-order valence-electron chi connectivity index (χ0n) is 9.85. The van der Waals surface area contributed by atoms with Crippen LogP contribution in [0.3, 0.4) is 0 Å². The van der Waals surface area contributed by atoms with E-state index in [-0.39, 0.29) is 21.9 Å². The van der Waals surface area contributed by atoms with E-state index in [0.29, 0.717) is 5.82 Å². The van der Waals surface area contributed by atoms with Gasteiger partial charge in [0.05, 0.1) is 15.4 Å². The molecule has 0 spiro atoms. The van der Waals surface area contributed by atoms with Gasteiger partial charge in [-0.3, -0.25) is 10.1 Å². The predicted octanol–water partition coefficient (Wildman–Crippen LogP) is 3.39. The molecular weight excluding hydrogens is 319 g/mol. The maximum atomic E-state index is 13.5. The van der Waals surface area contributed by atoms with Crippen LogP contribution in [0.15, 0.2) is 29.0 Å². The van der Waals surface area contributed by atoms with Crippen LogP contribution in [0.25, 0.3) is 0 Å². The average Bonchev–Trinajstić information content (AvgIpc) is 2.86. The average molecular weight is 329 g/mol. The zero-order chi connectivity index (χ0) is 14.0. The number of halogens is 2. The lowest BCUT2D eigenvalue weighted by molar-refractivity contribution is -0.384. The molecule has 1 atom stereocenters. The number of nitro benzene ring substituents is 1. The molecule has 0 saturated heterocycles. The summed E-state index contributed by atoms with van der Waals surface area (Å²) in [4.78, 5) is 17.3. The quantitative estimate of drug-likeness (QED) is 0.665. The third-order valence-electron chi connectivity index (χ3n) is 2.54. The van der Waals surface area contributed by atoms with Crippen LogP contribution in [0, 0.1) is 15.9 Å². The molecule has 0 bridgehead atoms. The van der Waals surface area contributed by atoms with Gasteiger partial charge < -0.3 is 10.3 Å². The van der Waals surface area contributed by atoms with Crippen LogP contribution in [-0.2, 0) is 0 Å². The van der Waals surface area contributed by atoms with Crippen molar-refractivity contribution in [3.8, 4) is 0 Å². The first-order valence-electron chi connectivity index (χ1n) is 5.38. The molecule has 0 aliphatic carbocycles. The highest BCUT2D eigenvalue weighted by Gasteiger charge is 2.20. The molecule has 2 rings (SSSR count). The lowest BCUT2D eigenvalue weighted by Gasteiger charge is -2.13. The Morgan fingerprint density at radius 1 is 1.58 bits per heavy atom. The maximum absolute atomic E-state index is 13.5. The van der Waals surface area contributed by atoms with Gasteiger partial charge in [-0.05, 0) is 22.9 Å².